The van der Waals surface area contributed by atoms with Crippen LogP contribution in [-0.4, -0.2) is 26.3 Å². The summed E-state index contributed by atoms with van der Waals surface area (Å²) in [6.45, 7) is 3.13. The highest BCUT2D eigenvalue weighted by Crippen LogP contribution is 2.32. The summed E-state index contributed by atoms with van der Waals surface area (Å²) >= 11 is 1.77. The fraction of sp³-hybridized carbons (Fsp3) is 0.385. The molecule has 0 radical (unpaired) electrons. The molecule has 0 atom stereocenters. The average Bonchev–Trinajstić information content (AvgIpc) is 2.72. The van der Waals surface area contributed by atoms with Crippen molar-refractivity contribution in [3.05, 3.63) is 29.6 Å². The number of hydrogen-bond acceptors (Lipinski definition) is 4. The molecule has 3 nitrogen and oxygen atoms in total. The molecule has 1 aromatic carbocycles. The van der Waals surface area contributed by atoms with Crippen molar-refractivity contribution in [2.45, 2.75) is 0 Å². The number of rotatable bonds is 4. The molecule has 4 heteroatoms. The summed E-state index contributed by atoms with van der Waals surface area (Å²) in [6.07, 6.45) is 0. The largest absolute Gasteiger partial charge is 0.383 e. The zero-order valence-corrected chi connectivity index (χ0v) is 10.4. The Morgan fingerprint density at radius 3 is 2.88 bits per heavy atom. The van der Waals surface area contributed by atoms with E-state index in [2.05, 4.69) is 35.0 Å². The van der Waals surface area contributed by atoms with Crippen LogP contribution in [0.15, 0.2) is 29.6 Å². The van der Waals surface area contributed by atoms with Gasteiger partial charge >= 0.3 is 0 Å². The van der Waals surface area contributed by atoms with E-state index in [1.165, 1.54) is 15.8 Å². The normalized spacial score (nSPS) is 17.9. The first kappa shape index (κ1) is 11.0. The minimum atomic E-state index is 0.142. The van der Waals surface area contributed by atoms with E-state index in [0.29, 0.717) is 6.54 Å². The van der Waals surface area contributed by atoms with Crippen LogP contribution in [0.25, 0.3) is 10.1 Å². The lowest BCUT2D eigenvalue weighted by Crippen LogP contribution is -2.52. The number of hydrogen-bond donors (Lipinski definition) is 2. The first-order valence-corrected chi connectivity index (χ1v) is 6.69. The second kappa shape index (κ2) is 4.29. The molecule has 90 valence electrons. The fourth-order valence-corrected chi connectivity index (χ4v) is 3.00. The Morgan fingerprint density at radius 2 is 2.18 bits per heavy atom. The van der Waals surface area contributed by atoms with Gasteiger partial charge in [0.25, 0.3) is 0 Å². The topological polar surface area (TPSA) is 47.3 Å². The molecule has 0 bridgehead atoms. The van der Waals surface area contributed by atoms with Crippen molar-refractivity contribution >= 4 is 27.1 Å². The van der Waals surface area contributed by atoms with E-state index in [0.717, 1.165) is 19.8 Å². The zero-order chi connectivity index (χ0) is 11.7. The lowest BCUT2D eigenvalue weighted by atomic mass is 9.86. The van der Waals surface area contributed by atoms with E-state index in [9.17, 15) is 0 Å². The lowest BCUT2D eigenvalue weighted by Gasteiger charge is -2.40. The van der Waals surface area contributed by atoms with Gasteiger partial charge in [0.15, 0.2) is 0 Å². The molecular weight excluding hydrogens is 232 g/mol. The van der Waals surface area contributed by atoms with Gasteiger partial charge in [-0.05, 0) is 6.07 Å². The van der Waals surface area contributed by atoms with Crippen molar-refractivity contribution in [3.8, 4) is 0 Å². The zero-order valence-electron chi connectivity index (χ0n) is 9.61. The maximum atomic E-state index is 5.80. The van der Waals surface area contributed by atoms with Gasteiger partial charge in [-0.3, -0.25) is 0 Å². The number of fused-ring (bicyclic) bond motifs is 1. The fourth-order valence-electron chi connectivity index (χ4n) is 2.08. The predicted molar refractivity (Wildman–Crippen MR) is 72.6 cm³/mol. The molecular formula is C13H16N2OS. The number of nitrogens with two attached hydrogens (primary N) is 1. The molecule has 0 aliphatic carbocycles. The Morgan fingerprint density at radius 1 is 1.35 bits per heavy atom. The highest BCUT2D eigenvalue weighted by molar-refractivity contribution is 7.17. The third-order valence-electron chi connectivity index (χ3n) is 3.38. The van der Waals surface area contributed by atoms with E-state index in [1.54, 1.807) is 11.3 Å². The van der Waals surface area contributed by atoms with Crippen LogP contribution in [0.1, 0.15) is 0 Å². The molecule has 0 amide bonds. The van der Waals surface area contributed by atoms with Gasteiger partial charge in [0.1, 0.15) is 0 Å². The molecule has 1 aromatic heterocycles. The molecule has 0 unspecified atom stereocenters. The van der Waals surface area contributed by atoms with E-state index in [4.69, 9.17) is 10.5 Å². The monoisotopic (exact) mass is 248 g/mol. The maximum absolute atomic E-state index is 5.80. The van der Waals surface area contributed by atoms with Crippen molar-refractivity contribution < 1.29 is 4.74 Å². The van der Waals surface area contributed by atoms with E-state index >= 15 is 0 Å². The maximum Gasteiger partial charge on any atom is 0.0574 e. The van der Waals surface area contributed by atoms with Crippen LogP contribution in [-0.2, 0) is 4.74 Å². The number of anilines is 1. The Labute approximate surface area is 105 Å². The van der Waals surface area contributed by atoms with Gasteiger partial charge < -0.3 is 15.8 Å². The molecule has 3 rings (SSSR count). The molecule has 1 aliphatic heterocycles. The number of nitrogens with one attached hydrogen (secondary N) is 1. The minimum absolute atomic E-state index is 0.142. The second-order valence-corrected chi connectivity index (χ2v) is 5.61. The van der Waals surface area contributed by atoms with Gasteiger partial charge in [0.2, 0.25) is 0 Å². The van der Waals surface area contributed by atoms with Gasteiger partial charge in [-0.2, -0.15) is 0 Å². The Kier molecular flexibility index (Phi) is 2.78. The van der Waals surface area contributed by atoms with Crippen molar-refractivity contribution in [1.29, 1.82) is 0 Å². The Balaban J connectivity index is 1.77. The predicted octanol–water partition coefficient (Wildman–Crippen LogP) is 2.29. The first-order valence-electron chi connectivity index (χ1n) is 5.81. The molecule has 2 heterocycles. The number of ether oxygens (including phenoxy) is 1. The van der Waals surface area contributed by atoms with Crippen molar-refractivity contribution in [1.82, 2.24) is 0 Å². The highest BCUT2D eigenvalue weighted by atomic mass is 32.1. The van der Waals surface area contributed by atoms with Gasteiger partial charge in [-0.1, -0.05) is 18.2 Å². The molecule has 3 N–H and O–H groups in total. The van der Waals surface area contributed by atoms with Crippen LogP contribution in [0.3, 0.4) is 0 Å². The molecule has 0 saturated carbocycles. The molecule has 17 heavy (non-hydrogen) atoms. The summed E-state index contributed by atoms with van der Waals surface area (Å²) in [7, 11) is 0. The van der Waals surface area contributed by atoms with Crippen molar-refractivity contribution in [2.75, 3.05) is 31.6 Å². The average molecular weight is 248 g/mol. The van der Waals surface area contributed by atoms with Crippen molar-refractivity contribution in [2.24, 2.45) is 11.1 Å². The van der Waals surface area contributed by atoms with E-state index < -0.39 is 0 Å². The lowest BCUT2D eigenvalue weighted by molar-refractivity contribution is -0.0979. The van der Waals surface area contributed by atoms with Gasteiger partial charge in [-0.25, -0.2) is 0 Å². The summed E-state index contributed by atoms with van der Waals surface area (Å²) < 4.78 is 6.59. The standard InChI is InChI=1S/C13H16N2OS/c14-6-13(8-16-9-13)7-15-11-5-17-12-4-2-1-3-10(11)12/h1-5,15H,6-9,14H2. The molecule has 1 fully saturated rings. The van der Waals surface area contributed by atoms with Crippen LogP contribution in [0.5, 0.6) is 0 Å². The van der Waals surface area contributed by atoms with Crippen LogP contribution in [0, 0.1) is 5.41 Å². The summed E-state index contributed by atoms with van der Waals surface area (Å²) in [5.74, 6) is 0. The van der Waals surface area contributed by atoms with Gasteiger partial charge in [0, 0.05) is 34.0 Å². The summed E-state index contributed by atoms with van der Waals surface area (Å²) in [5.41, 5.74) is 7.16. The minimum Gasteiger partial charge on any atom is -0.383 e. The van der Waals surface area contributed by atoms with E-state index in [-0.39, 0.29) is 5.41 Å². The molecule has 0 spiro atoms. The van der Waals surface area contributed by atoms with Crippen molar-refractivity contribution in [3.63, 3.8) is 0 Å². The van der Waals surface area contributed by atoms with Crippen LogP contribution in [0.2, 0.25) is 0 Å². The molecule has 1 aliphatic rings. The van der Waals surface area contributed by atoms with Gasteiger partial charge in [0.05, 0.1) is 18.9 Å². The smallest absolute Gasteiger partial charge is 0.0574 e. The third kappa shape index (κ3) is 1.92. The van der Waals surface area contributed by atoms with E-state index in [1.807, 2.05) is 0 Å². The summed E-state index contributed by atoms with van der Waals surface area (Å²) in [5, 5.41) is 6.98. The first-order chi connectivity index (χ1) is 8.33. The molecule has 2 aromatic rings. The summed E-state index contributed by atoms with van der Waals surface area (Å²) in [6, 6.07) is 8.45. The third-order valence-corrected chi connectivity index (χ3v) is 4.35. The van der Waals surface area contributed by atoms with Crippen LogP contribution in [0.4, 0.5) is 5.69 Å². The van der Waals surface area contributed by atoms with Gasteiger partial charge in [-0.15, -0.1) is 11.3 Å². The second-order valence-electron chi connectivity index (χ2n) is 4.70. The SMILES string of the molecule is NCC1(CNc2csc3ccccc23)COC1. The number of thiophene rings is 1. The Bertz CT molecular complexity index is 513. The summed E-state index contributed by atoms with van der Waals surface area (Å²) in [4.78, 5) is 0. The van der Waals surface area contributed by atoms with Crippen LogP contribution < -0.4 is 11.1 Å². The van der Waals surface area contributed by atoms with Crippen LogP contribution >= 0.6 is 11.3 Å². The Hall–Kier alpha value is -1.10. The number of benzene rings is 1. The quantitative estimate of drug-likeness (QED) is 0.872. The molecule has 1 saturated heterocycles. The highest BCUT2D eigenvalue weighted by Gasteiger charge is 2.37.